The number of rotatable bonds is 2. The Morgan fingerprint density at radius 3 is 2.94 bits per heavy atom. The summed E-state index contributed by atoms with van der Waals surface area (Å²) in [5.74, 6) is 4.08. The molecule has 16 heavy (non-hydrogen) atoms. The normalized spacial score (nSPS) is 8.81. The van der Waals surface area contributed by atoms with Gasteiger partial charge >= 0.3 is 5.97 Å². The molecule has 4 heteroatoms. The lowest BCUT2D eigenvalue weighted by Crippen LogP contribution is -1.99. The second kappa shape index (κ2) is 5.56. The molecule has 0 amide bonds. The second-order valence-electron chi connectivity index (χ2n) is 2.86. The molecule has 0 heterocycles. The number of benzene rings is 1. The van der Waals surface area contributed by atoms with Crippen molar-refractivity contribution in [2.75, 3.05) is 6.61 Å². The molecule has 0 aliphatic heterocycles. The Morgan fingerprint density at radius 2 is 2.31 bits per heavy atom. The Hall–Kier alpha value is -2.28. The smallest absolute Gasteiger partial charge is 0.384 e. The second-order valence-corrected chi connectivity index (χ2v) is 2.86. The third-order valence-corrected chi connectivity index (χ3v) is 1.74. The van der Waals surface area contributed by atoms with Gasteiger partial charge in [0.05, 0.1) is 6.61 Å². The van der Waals surface area contributed by atoms with E-state index in [2.05, 4.69) is 16.6 Å². The standard InChI is InChI=1S/C12H10O4/c1-2-16-12(15)6-4-9-3-5-11(14)7-10(9)8-13/h3,5,7-8,14H,2H2,1H3. The van der Waals surface area contributed by atoms with Crippen molar-refractivity contribution in [3.8, 4) is 17.6 Å². The van der Waals surface area contributed by atoms with Crippen LogP contribution in [0.2, 0.25) is 0 Å². The fourth-order valence-corrected chi connectivity index (χ4v) is 1.05. The summed E-state index contributed by atoms with van der Waals surface area (Å²) in [4.78, 5) is 21.6. The molecule has 0 saturated carbocycles. The lowest BCUT2D eigenvalue weighted by atomic mass is 10.1. The number of phenols is 1. The van der Waals surface area contributed by atoms with E-state index in [1.807, 2.05) is 0 Å². The van der Waals surface area contributed by atoms with E-state index < -0.39 is 5.97 Å². The number of hydrogen-bond acceptors (Lipinski definition) is 4. The van der Waals surface area contributed by atoms with Gasteiger partial charge in [0, 0.05) is 17.0 Å². The lowest BCUT2D eigenvalue weighted by Gasteiger charge is -1.97. The molecule has 0 bridgehead atoms. The molecule has 0 spiro atoms. The minimum absolute atomic E-state index is 0.0243. The molecule has 0 aliphatic carbocycles. The lowest BCUT2D eigenvalue weighted by molar-refractivity contribution is -0.136. The predicted octanol–water partition coefficient (Wildman–Crippen LogP) is 1.12. The van der Waals surface area contributed by atoms with Gasteiger partial charge in [0.25, 0.3) is 0 Å². The van der Waals surface area contributed by atoms with Crippen molar-refractivity contribution in [2.45, 2.75) is 6.92 Å². The van der Waals surface area contributed by atoms with Crippen LogP contribution in [0.15, 0.2) is 18.2 Å². The van der Waals surface area contributed by atoms with Gasteiger partial charge in [0.1, 0.15) is 5.75 Å². The van der Waals surface area contributed by atoms with Crippen molar-refractivity contribution < 1.29 is 19.4 Å². The molecule has 4 nitrogen and oxygen atoms in total. The Balaban J connectivity index is 2.96. The van der Waals surface area contributed by atoms with E-state index in [1.54, 1.807) is 6.92 Å². The fourth-order valence-electron chi connectivity index (χ4n) is 1.05. The number of aromatic hydroxyl groups is 1. The summed E-state index contributed by atoms with van der Waals surface area (Å²) in [7, 11) is 0. The number of hydrogen-bond donors (Lipinski definition) is 1. The zero-order chi connectivity index (χ0) is 12.0. The largest absolute Gasteiger partial charge is 0.508 e. The van der Waals surface area contributed by atoms with Crippen LogP contribution in [-0.2, 0) is 9.53 Å². The van der Waals surface area contributed by atoms with Gasteiger partial charge in [-0.25, -0.2) is 4.79 Å². The third-order valence-electron chi connectivity index (χ3n) is 1.74. The highest BCUT2D eigenvalue weighted by atomic mass is 16.5. The summed E-state index contributed by atoms with van der Waals surface area (Å²) < 4.78 is 4.61. The van der Waals surface area contributed by atoms with Crippen LogP contribution in [0.3, 0.4) is 0 Å². The molecular weight excluding hydrogens is 208 g/mol. The van der Waals surface area contributed by atoms with Crippen LogP contribution in [0, 0.1) is 11.8 Å². The van der Waals surface area contributed by atoms with Crippen LogP contribution in [-0.4, -0.2) is 24.0 Å². The van der Waals surface area contributed by atoms with Crippen molar-refractivity contribution in [3.05, 3.63) is 29.3 Å². The van der Waals surface area contributed by atoms with Gasteiger partial charge in [-0.1, -0.05) is 5.92 Å². The van der Waals surface area contributed by atoms with Gasteiger partial charge in [0.2, 0.25) is 0 Å². The summed E-state index contributed by atoms with van der Waals surface area (Å²) >= 11 is 0. The van der Waals surface area contributed by atoms with Gasteiger partial charge in [-0.3, -0.25) is 4.79 Å². The minimum atomic E-state index is -0.646. The van der Waals surface area contributed by atoms with Crippen molar-refractivity contribution in [3.63, 3.8) is 0 Å². The first-order chi connectivity index (χ1) is 7.67. The van der Waals surface area contributed by atoms with Crippen LogP contribution in [0.5, 0.6) is 5.75 Å². The Morgan fingerprint density at radius 1 is 1.56 bits per heavy atom. The van der Waals surface area contributed by atoms with Gasteiger partial charge in [-0.15, -0.1) is 0 Å². The van der Waals surface area contributed by atoms with E-state index in [0.29, 0.717) is 11.8 Å². The Bertz CT molecular complexity index is 466. The number of esters is 1. The highest BCUT2D eigenvalue weighted by Crippen LogP contribution is 2.13. The average Bonchev–Trinajstić information content (AvgIpc) is 2.27. The summed E-state index contributed by atoms with van der Waals surface area (Å²) in [6.45, 7) is 1.93. The van der Waals surface area contributed by atoms with Crippen molar-refractivity contribution in [2.24, 2.45) is 0 Å². The van der Waals surface area contributed by atoms with Gasteiger partial charge in [-0.2, -0.15) is 0 Å². The zero-order valence-corrected chi connectivity index (χ0v) is 8.69. The molecule has 0 saturated heterocycles. The number of carbonyl (C=O) groups is 2. The Labute approximate surface area is 92.9 Å². The summed E-state index contributed by atoms with van der Waals surface area (Å²) in [6.07, 6.45) is 0.564. The van der Waals surface area contributed by atoms with Gasteiger partial charge in [-0.05, 0) is 25.1 Å². The molecule has 1 N–H and O–H groups in total. The molecule has 1 aromatic carbocycles. The van der Waals surface area contributed by atoms with Gasteiger partial charge in [0.15, 0.2) is 6.29 Å². The minimum Gasteiger partial charge on any atom is -0.508 e. The maximum atomic E-state index is 10.9. The molecule has 1 rings (SSSR count). The summed E-state index contributed by atoms with van der Waals surface area (Å²) in [5.41, 5.74) is 0.609. The van der Waals surface area contributed by atoms with E-state index >= 15 is 0 Å². The van der Waals surface area contributed by atoms with Crippen LogP contribution >= 0.6 is 0 Å². The molecule has 82 valence electrons. The van der Waals surface area contributed by atoms with Crippen molar-refractivity contribution in [1.29, 1.82) is 0 Å². The first-order valence-corrected chi connectivity index (χ1v) is 4.64. The first kappa shape index (κ1) is 11.8. The topological polar surface area (TPSA) is 63.6 Å². The Kier molecular flexibility index (Phi) is 4.10. The van der Waals surface area contributed by atoms with E-state index in [-0.39, 0.29) is 17.9 Å². The van der Waals surface area contributed by atoms with E-state index in [1.165, 1.54) is 18.2 Å². The molecule has 0 unspecified atom stereocenters. The number of aldehydes is 1. The van der Waals surface area contributed by atoms with E-state index in [0.717, 1.165) is 0 Å². The number of carbonyl (C=O) groups excluding carboxylic acids is 2. The van der Waals surface area contributed by atoms with E-state index in [4.69, 9.17) is 5.11 Å². The van der Waals surface area contributed by atoms with Crippen LogP contribution in [0.25, 0.3) is 0 Å². The quantitative estimate of drug-likeness (QED) is 0.459. The molecular formula is C12H10O4. The third kappa shape index (κ3) is 3.14. The molecule has 1 aromatic rings. The van der Waals surface area contributed by atoms with Crippen molar-refractivity contribution >= 4 is 12.3 Å². The highest BCUT2D eigenvalue weighted by molar-refractivity contribution is 5.90. The maximum Gasteiger partial charge on any atom is 0.384 e. The summed E-state index contributed by atoms with van der Waals surface area (Å²) in [5, 5.41) is 9.13. The van der Waals surface area contributed by atoms with Gasteiger partial charge < -0.3 is 9.84 Å². The summed E-state index contributed by atoms with van der Waals surface area (Å²) in [6, 6.07) is 4.13. The molecule has 0 aliphatic rings. The molecule has 0 aromatic heterocycles. The predicted molar refractivity (Wildman–Crippen MR) is 57.0 cm³/mol. The van der Waals surface area contributed by atoms with Crippen molar-refractivity contribution in [1.82, 2.24) is 0 Å². The molecule has 0 radical (unpaired) electrons. The number of phenolic OH excluding ortho intramolecular Hbond substituents is 1. The molecule has 0 fully saturated rings. The van der Waals surface area contributed by atoms with Crippen LogP contribution in [0.4, 0.5) is 0 Å². The fraction of sp³-hybridized carbons (Fsp3) is 0.167. The monoisotopic (exact) mass is 218 g/mol. The zero-order valence-electron chi connectivity index (χ0n) is 8.69. The maximum absolute atomic E-state index is 10.9. The molecule has 0 atom stereocenters. The number of ether oxygens (including phenoxy) is 1. The SMILES string of the molecule is CCOC(=O)C#Cc1ccc(O)cc1C=O. The first-order valence-electron chi connectivity index (χ1n) is 4.64. The highest BCUT2D eigenvalue weighted by Gasteiger charge is 2.00. The van der Waals surface area contributed by atoms with Crippen LogP contribution < -0.4 is 0 Å². The van der Waals surface area contributed by atoms with E-state index in [9.17, 15) is 9.59 Å². The van der Waals surface area contributed by atoms with Crippen LogP contribution in [0.1, 0.15) is 22.8 Å². The average molecular weight is 218 g/mol.